The molecule has 1 aromatic rings. The molecule has 1 aromatic carbocycles. The van der Waals surface area contributed by atoms with Crippen molar-refractivity contribution in [3.63, 3.8) is 0 Å². The van der Waals surface area contributed by atoms with Gasteiger partial charge in [-0.15, -0.1) is 0 Å². The number of thiol groups is 1. The predicted octanol–water partition coefficient (Wildman–Crippen LogP) is 1.43. The Bertz CT molecular complexity index is 359. The quantitative estimate of drug-likeness (QED) is 0.550. The SMILES string of the molecule is OC(CS)C(O)c1cc(F)cc(F)c1F. The van der Waals surface area contributed by atoms with Crippen LogP contribution in [-0.2, 0) is 0 Å². The van der Waals surface area contributed by atoms with Gasteiger partial charge in [-0.3, -0.25) is 0 Å². The van der Waals surface area contributed by atoms with Crippen LogP contribution in [0.15, 0.2) is 12.1 Å². The Hall–Kier alpha value is -0.720. The molecule has 0 radical (unpaired) electrons. The number of aliphatic hydroxyl groups is 2. The van der Waals surface area contributed by atoms with Crippen LogP contribution in [-0.4, -0.2) is 22.1 Å². The van der Waals surface area contributed by atoms with Crippen molar-refractivity contribution in [2.45, 2.75) is 12.2 Å². The summed E-state index contributed by atoms with van der Waals surface area (Å²) in [4.78, 5) is 0. The fraction of sp³-hybridized carbons (Fsp3) is 0.333. The zero-order valence-electron chi connectivity index (χ0n) is 7.49. The van der Waals surface area contributed by atoms with Gasteiger partial charge >= 0.3 is 0 Å². The zero-order valence-corrected chi connectivity index (χ0v) is 8.39. The molecule has 1 rings (SSSR count). The third-order valence-electron chi connectivity index (χ3n) is 1.89. The van der Waals surface area contributed by atoms with Crippen molar-refractivity contribution in [3.05, 3.63) is 35.1 Å². The molecule has 0 saturated carbocycles. The Morgan fingerprint density at radius 3 is 2.33 bits per heavy atom. The smallest absolute Gasteiger partial charge is 0.164 e. The van der Waals surface area contributed by atoms with Crippen LogP contribution in [0.2, 0.25) is 0 Å². The van der Waals surface area contributed by atoms with Crippen LogP contribution in [0, 0.1) is 17.5 Å². The normalized spacial score (nSPS) is 15.1. The molecule has 0 aliphatic carbocycles. The standard InChI is InChI=1S/C9H9F3O2S/c10-4-1-5(8(12)6(11)2-4)9(14)7(13)3-15/h1-2,7,9,13-15H,3H2. The fourth-order valence-electron chi connectivity index (χ4n) is 1.10. The first-order chi connectivity index (χ1) is 6.97. The van der Waals surface area contributed by atoms with Crippen LogP contribution >= 0.6 is 12.6 Å². The zero-order chi connectivity index (χ0) is 11.6. The maximum absolute atomic E-state index is 13.1. The van der Waals surface area contributed by atoms with Crippen molar-refractivity contribution >= 4 is 12.6 Å². The summed E-state index contributed by atoms with van der Waals surface area (Å²) in [6.45, 7) is 0. The van der Waals surface area contributed by atoms with Gasteiger partial charge in [-0.25, -0.2) is 13.2 Å². The molecule has 2 unspecified atom stereocenters. The molecule has 0 spiro atoms. The maximum Gasteiger partial charge on any atom is 0.164 e. The molecule has 0 bridgehead atoms. The largest absolute Gasteiger partial charge is 0.389 e. The maximum atomic E-state index is 13.1. The van der Waals surface area contributed by atoms with Crippen LogP contribution in [0.4, 0.5) is 13.2 Å². The second-order valence-corrected chi connectivity index (χ2v) is 3.35. The van der Waals surface area contributed by atoms with Crippen molar-refractivity contribution in [1.82, 2.24) is 0 Å². The highest BCUT2D eigenvalue weighted by molar-refractivity contribution is 7.80. The molecule has 15 heavy (non-hydrogen) atoms. The monoisotopic (exact) mass is 238 g/mol. The van der Waals surface area contributed by atoms with E-state index in [1.54, 1.807) is 0 Å². The van der Waals surface area contributed by atoms with Gasteiger partial charge in [-0.05, 0) is 6.07 Å². The summed E-state index contributed by atoms with van der Waals surface area (Å²) in [6.07, 6.45) is -3.09. The second-order valence-electron chi connectivity index (χ2n) is 2.99. The van der Waals surface area contributed by atoms with Gasteiger partial charge in [0.05, 0.1) is 6.10 Å². The molecule has 0 fully saturated rings. The lowest BCUT2D eigenvalue weighted by Gasteiger charge is -2.16. The first-order valence-electron chi connectivity index (χ1n) is 4.08. The lowest BCUT2D eigenvalue weighted by atomic mass is 10.0. The van der Waals surface area contributed by atoms with Crippen molar-refractivity contribution in [1.29, 1.82) is 0 Å². The van der Waals surface area contributed by atoms with Gasteiger partial charge < -0.3 is 10.2 Å². The molecular formula is C9H9F3O2S. The minimum Gasteiger partial charge on any atom is -0.389 e. The number of benzene rings is 1. The number of hydrogen-bond donors (Lipinski definition) is 3. The summed E-state index contributed by atoms with van der Waals surface area (Å²) in [7, 11) is 0. The molecule has 6 heteroatoms. The summed E-state index contributed by atoms with van der Waals surface area (Å²) in [6, 6.07) is 0.994. The van der Waals surface area contributed by atoms with E-state index in [4.69, 9.17) is 5.11 Å². The van der Waals surface area contributed by atoms with Crippen molar-refractivity contribution < 1.29 is 23.4 Å². The molecule has 2 N–H and O–H groups in total. The molecule has 0 aliphatic rings. The number of hydrogen-bond acceptors (Lipinski definition) is 3. The fourth-order valence-corrected chi connectivity index (χ4v) is 1.30. The van der Waals surface area contributed by atoms with E-state index < -0.39 is 35.2 Å². The molecule has 0 heterocycles. The van der Waals surface area contributed by atoms with Crippen LogP contribution in [0.5, 0.6) is 0 Å². The number of aliphatic hydroxyl groups excluding tert-OH is 2. The minimum absolute atomic E-state index is 0.154. The average molecular weight is 238 g/mol. The van der Waals surface area contributed by atoms with E-state index in [2.05, 4.69) is 12.6 Å². The molecule has 84 valence electrons. The number of halogens is 3. The van der Waals surface area contributed by atoms with E-state index in [0.29, 0.717) is 12.1 Å². The summed E-state index contributed by atoms with van der Waals surface area (Å²) in [5.74, 6) is -3.95. The van der Waals surface area contributed by atoms with Crippen molar-refractivity contribution in [2.75, 3.05) is 5.75 Å². The lowest BCUT2D eigenvalue weighted by Crippen LogP contribution is -2.21. The number of rotatable bonds is 3. The summed E-state index contributed by atoms with van der Waals surface area (Å²) in [5.41, 5.74) is -0.617. The van der Waals surface area contributed by atoms with Gasteiger partial charge in [0.2, 0.25) is 0 Å². The first kappa shape index (κ1) is 12.4. The van der Waals surface area contributed by atoms with E-state index >= 15 is 0 Å². The summed E-state index contributed by atoms with van der Waals surface area (Å²) in [5, 5.41) is 18.5. The Morgan fingerprint density at radius 2 is 1.80 bits per heavy atom. The van der Waals surface area contributed by atoms with E-state index in [-0.39, 0.29) is 5.75 Å². The lowest BCUT2D eigenvalue weighted by molar-refractivity contribution is 0.0308. The van der Waals surface area contributed by atoms with Gasteiger partial charge in [0.25, 0.3) is 0 Å². The van der Waals surface area contributed by atoms with Gasteiger partial charge in [-0.2, -0.15) is 12.6 Å². The van der Waals surface area contributed by atoms with E-state index in [0.717, 1.165) is 0 Å². The van der Waals surface area contributed by atoms with Crippen molar-refractivity contribution in [3.8, 4) is 0 Å². The predicted molar refractivity (Wildman–Crippen MR) is 51.1 cm³/mol. The topological polar surface area (TPSA) is 40.5 Å². The van der Waals surface area contributed by atoms with Crippen LogP contribution in [0.1, 0.15) is 11.7 Å². The van der Waals surface area contributed by atoms with E-state index in [9.17, 15) is 18.3 Å². The van der Waals surface area contributed by atoms with Gasteiger partial charge in [-0.1, -0.05) is 0 Å². The van der Waals surface area contributed by atoms with Gasteiger partial charge in [0, 0.05) is 17.4 Å². The molecule has 0 saturated heterocycles. The molecular weight excluding hydrogens is 229 g/mol. The van der Waals surface area contributed by atoms with Crippen LogP contribution in [0.25, 0.3) is 0 Å². The molecule has 0 aliphatic heterocycles. The van der Waals surface area contributed by atoms with E-state index in [1.807, 2.05) is 0 Å². The highest BCUT2D eigenvalue weighted by Gasteiger charge is 2.23. The Labute approximate surface area is 89.8 Å². The Kier molecular flexibility index (Phi) is 4.01. The van der Waals surface area contributed by atoms with E-state index in [1.165, 1.54) is 0 Å². The molecule has 2 atom stereocenters. The van der Waals surface area contributed by atoms with Gasteiger partial charge in [0.15, 0.2) is 11.6 Å². The van der Waals surface area contributed by atoms with Gasteiger partial charge in [0.1, 0.15) is 11.9 Å². The highest BCUT2D eigenvalue weighted by atomic mass is 32.1. The molecule has 0 amide bonds. The highest BCUT2D eigenvalue weighted by Crippen LogP contribution is 2.23. The summed E-state index contributed by atoms with van der Waals surface area (Å²) >= 11 is 3.67. The first-order valence-corrected chi connectivity index (χ1v) is 4.72. The summed E-state index contributed by atoms with van der Waals surface area (Å²) < 4.78 is 38.5. The third-order valence-corrected chi connectivity index (χ3v) is 2.27. The van der Waals surface area contributed by atoms with Crippen LogP contribution < -0.4 is 0 Å². The van der Waals surface area contributed by atoms with Crippen LogP contribution in [0.3, 0.4) is 0 Å². The average Bonchev–Trinajstić information content (AvgIpc) is 2.21. The third kappa shape index (κ3) is 2.64. The molecule has 0 aromatic heterocycles. The van der Waals surface area contributed by atoms with Crippen molar-refractivity contribution in [2.24, 2.45) is 0 Å². The molecule has 2 nitrogen and oxygen atoms in total. The Balaban J connectivity index is 3.13. The minimum atomic E-state index is -1.70. The second kappa shape index (κ2) is 4.87. The Morgan fingerprint density at radius 1 is 1.20 bits per heavy atom.